The van der Waals surface area contributed by atoms with Gasteiger partial charge in [0.15, 0.2) is 12.6 Å². The number of hydrogen-bond donors (Lipinski definition) is 0. The number of methoxy groups -OCH3 is 1. The first-order valence-corrected chi connectivity index (χ1v) is 5.06. The van der Waals surface area contributed by atoms with Gasteiger partial charge in [0.1, 0.15) is 0 Å². The quantitative estimate of drug-likeness (QED) is 0.675. The van der Waals surface area contributed by atoms with Crippen molar-refractivity contribution in [3.63, 3.8) is 0 Å². The summed E-state index contributed by atoms with van der Waals surface area (Å²) < 4.78 is 15.8. The van der Waals surface area contributed by atoms with Crippen molar-refractivity contribution in [3.8, 4) is 0 Å². The van der Waals surface area contributed by atoms with Gasteiger partial charge in [-0.2, -0.15) is 0 Å². The maximum atomic E-state index is 5.50. The molecule has 1 rings (SSSR count). The fraction of sp³-hybridized carbons (Fsp3) is 0.500. The molecule has 1 aromatic rings. The van der Waals surface area contributed by atoms with E-state index in [2.05, 4.69) is 0 Å². The fourth-order valence-electron chi connectivity index (χ4n) is 1.15. The summed E-state index contributed by atoms with van der Waals surface area (Å²) in [6.45, 7) is 4.25. The Morgan fingerprint density at radius 1 is 1.07 bits per heavy atom. The van der Waals surface area contributed by atoms with E-state index in [4.69, 9.17) is 14.2 Å². The van der Waals surface area contributed by atoms with Crippen LogP contribution in [0.5, 0.6) is 0 Å². The molecule has 2 atom stereocenters. The summed E-state index contributed by atoms with van der Waals surface area (Å²) in [5.41, 5.74) is 1.14. The maximum absolute atomic E-state index is 5.50. The van der Waals surface area contributed by atoms with Crippen LogP contribution in [-0.4, -0.2) is 19.7 Å². The second-order valence-corrected chi connectivity index (χ2v) is 3.30. The average Bonchev–Trinajstić information content (AvgIpc) is 2.27. The topological polar surface area (TPSA) is 27.7 Å². The molecular weight excluding hydrogens is 192 g/mol. The second-order valence-electron chi connectivity index (χ2n) is 3.30. The zero-order valence-electron chi connectivity index (χ0n) is 9.47. The lowest BCUT2D eigenvalue weighted by molar-refractivity contribution is -0.227. The van der Waals surface area contributed by atoms with E-state index >= 15 is 0 Å². The predicted octanol–water partition coefficient (Wildman–Crippen LogP) is 2.56. The minimum atomic E-state index is -0.264. The van der Waals surface area contributed by atoms with Gasteiger partial charge in [0.05, 0.1) is 6.61 Å². The first-order chi connectivity index (χ1) is 7.22. The van der Waals surface area contributed by atoms with Crippen LogP contribution in [0.15, 0.2) is 30.3 Å². The van der Waals surface area contributed by atoms with Crippen LogP contribution in [-0.2, 0) is 20.8 Å². The highest BCUT2D eigenvalue weighted by molar-refractivity contribution is 5.13. The molecule has 0 saturated heterocycles. The molecule has 0 saturated carbocycles. The molecule has 0 amide bonds. The van der Waals surface area contributed by atoms with Gasteiger partial charge in [0, 0.05) is 7.11 Å². The third-order valence-electron chi connectivity index (χ3n) is 2.04. The fourth-order valence-corrected chi connectivity index (χ4v) is 1.15. The van der Waals surface area contributed by atoms with Crippen LogP contribution in [0.1, 0.15) is 19.4 Å². The molecule has 0 aliphatic carbocycles. The maximum Gasteiger partial charge on any atom is 0.158 e. The summed E-state index contributed by atoms with van der Waals surface area (Å²) in [5.74, 6) is 0. The van der Waals surface area contributed by atoms with Crippen molar-refractivity contribution < 1.29 is 14.2 Å². The number of rotatable bonds is 6. The Morgan fingerprint density at radius 3 is 2.33 bits per heavy atom. The minimum absolute atomic E-state index is 0.240. The Bertz CT molecular complexity index is 261. The molecule has 0 radical (unpaired) electrons. The average molecular weight is 210 g/mol. The summed E-state index contributed by atoms with van der Waals surface area (Å²) in [7, 11) is 1.61. The van der Waals surface area contributed by atoms with Crippen LogP contribution >= 0.6 is 0 Å². The molecule has 0 aromatic heterocycles. The van der Waals surface area contributed by atoms with Crippen molar-refractivity contribution >= 4 is 0 Å². The van der Waals surface area contributed by atoms with Crippen molar-refractivity contribution in [1.29, 1.82) is 0 Å². The van der Waals surface area contributed by atoms with Gasteiger partial charge in [-0.25, -0.2) is 0 Å². The van der Waals surface area contributed by atoms with Gasteiger partial charge in [-0.15, -0.1) is 0 Å². The van der Waals surface area contributed by atoms with Crippen molar-refractivity contribution in [2.24, 2.45) is 0 Å². The van der Waals surface area contributed by atoms with Crippen LogP contribution in [0.4, 0.5) is 0 Å². The first-order valence-electron chi connectivity index (χ1n) is 5.06. The van der Waals surface area contributed by atoms with Crippen molar-refractivity contribution in [1.82, 2.24) is 0 Å². The minimum Gasteiger partial charge on any atom is -0.356 e. The molecule has 2 unspecified atom stereocenters. The van der Waals surface area contributed by atoms with E-state index in [1.54, 1.807) is 7.11 Å². The highest BCUT2D eigenvalue weighted by atomic mass is 16.8. The lowest BCUT2D eigenvalue weighted by Crippen LogP contribution is -2.21. The Labute approximate surface area is 91.0 Å². The molecule has 1 aromatic carbocycles. The second kappa shape index (κ2) is 6.56. The van der Waals surface area contributed by atoms with E-state index in [1.165, 1.54) is 0 Å². The molecule has 3 heteroatoms. The van der Waals surface area contributed by atoms with E-state index in [0.29, 0.717) is 6.61 Å². The van der Waals surface area contributed by atoms with E-state index < -0.39 is 0 Å². The van der Waals surface area contributed by atoms with Gasteiger partial charge in [-0.1, -0.05) is 30.3 Å². The van der Waals surface area contributed by atoms with Gasteiger partial charge in [-0.3, -0.25) is 0 Å². The van der Waals surface area contributed by atoms with Crippen molar-refractivity contribution in [3.05, 3.63) is 35.9 Å². The van der Waals surface area contributed by atoms with E-state index in [1.807, 2.05) is 44.2 Å². The Balaban J connectivity index is 2.25. The molecule has 15 heavy (non-hydrogen) atoms. The summed E-state index contributed by atoms with van der Waals surface area (Å²) >= 11 is 0. The molecule has 0 fully saturated rings. The van der Waals surface area contributed by atoms with Crippen LogP contribution in [0.2, 0.25) is 0 Å². The van der Waals surface area contributed by atoms with Crippen LogP contribution in [0, 0.1) is 0 Å². The highest BCUT2D eigenvalue weighted by Gasteiger charge is 2.07. The first kappa shape index (κ1) is 12.2. The van der Waals surface area contributed by atoms with E-state index in [0.717, 1.165) is 5.56 Å². The van der Waals surface area contributed by atoms with Crippen molar-refractivity contribution in [2.45, 2.75) is 33.0 Å². The zero-order valence-corrected chi connectivity index (χ0v) is 9.47. The van der Waals surface area contributed by atoms with Crippen LogP contribution < -0.4 is 0 Å². The predicted molar refractivity (Wildman–Crippen MR) is 58.2 cm³/mol. The lowest BCUT2D eigenvalue weighted by atomic mass is 10.2. The molecule has 0 N–H and O–H groups in total. The van der Waals surface area contributed by atoms with Crippen LogP contribution in [0.3, 0.4) is 0 Å². The molecule has 0 aliphatic rings. The van der Waals surface area contributed by atoms with Crippen molar-refractivity contribution in [2.75, 3.05) is 7.11 Å². The summed E-state index contributed by atoms with van der Waals surface area (Å²) in [5, 5.41) is 0. The SMILES string of the molecule is COC(C)OC(C)OCc1ccccc1. The van der Waals surface area contributed by atoms with E-state index in [-0.39, 0.29) is 12.6 Å². The Kier molecular flexibility index (Phi) is 5.32. The number of ether oxygens (including phenoxy) is 3. The van der Waals surface area contributed by atoms with Gasteiger partial charge in [0.25, 0.3) is 0 Å². The van der Waals surface area contributed by atoms with Crippen LogP contribution in [0.25, 0.3) is 0 Å². The third kappa shape index (κ3) is 4.93. The summed E-state index contributed by atoms with van der Waals surface area (Å²) in [6.07, 6.45) is -0.504. The molecule has 3 nitrogen and oxygen atoms in total. The zero-order chi connectivity index (χ0) is 11.1. The van der Waals surface area contributed by atoms with Gasteiger partial charge in [0.2, 0.25) is 0 Å². The Hall–Kier alpha value is -0.900. The third-order valence-corrected chi connectivity index (χ3v) is 2.04. The molecule has 0 heterocycles. The van der Waals surface area contributed by atoms with E-state index in [9.17, 15) is 0 Å². The largest absolute Gasteiger partial charge is 0.356 e. The van der Waals surface area contributed by atoms with Gasteiger partial charge in [-0.05, 0) is 19.4 Å². The lowest BCUT2D eigenvalue weighted by Gasteiger charge is -2.18. The normalized spacial score (nSPS) is 14.9. The monoisotopic (exact) mass is 210 g/mol. The summed E-state index contributed by atoms with van der Waals surface area (Å²) in [4.78, 5) is 0. The Morgan fingerprint density at radius 2 is 1.73 bits per heavy atom. The molecule has 0 spiro atoms. The smallest absolute Gasteiger partial charge is 0.158 e. The number of hydrogen-bond acceptors (Lipinski definition) is 3. The molecule has 0 aliphatic heterocycles. The highest BCUT2D eigenvalue weighted by Crippen LogP contribution is 2.06. The molecule has 0 bridgehead atoms. The van der Waals surface area contributed by atoms with Gasteiger partial charge >= 0.3 is 0 Å². The van der Waals surface area contributed by atoms with Gasteiger partial charge < -0.3 is 14.2 Å². The summed E-state index contributed by atoms with van der Waals surface area (Å²) in [6, 6.07) is 10.00. The standard InChI is InChI=1S/C12H18O3/c1-10(13-3)15-11(2)14-9-12-7-5-4-6-8-12/h4-8,10-11H,9H2,1-3H3. The molecular formula is C12H18O3. The number of benzene rings is 1. The molecule has 84 valence electrons.